The largest absolute Gasteiger partial charge is 0.495 e. The summed E-state index contributed by atoms with van der Waals surface area (Å²) < 4.78 is 43.9. The van der Waals surface area contributed by atoms with E-state index in [0.29, 0.717) is 17.2 Å². The molecule has 0 atom stereocenters. The molecule has 110 valence electrons. The van der Waals surface area contributed by atoms with Gasteiger partial charge >= 0.3 is 0 Å². The van der Waals surface area contributed by atoms with Crippen molar-refractivity contribution in [1.82, 2.24) is 0 Å². The Balaban J connectivity index is 2.26. The van der Waals surface area contributed by atoms with Gasteiger partial charge in [-0.25, -0.2) is 13.2 Å². The second kappa shape index (κ2) is 6.05. The van der Waals surface area contributed by atoms with Crippen LogP contribution in [0.4, 0.5) is 18.9 Å². The van der Waals surface area contributed by atoms with E-state index in [0.717, 1.165) is 0 Å². The number of ether oxygens (including phenoxy) is 1. The number of rotatable bonds is 3. The molecule has 0 spiro atoms. The Bertz CT molecular complexity index is 684. The van der Waals surface area contributed by atoms with Gasteiger partial charge in [0, 0.05) is 23.4 Å². The summed E-state index contributed by atoms with van der Waals surface area (Å²) in [6, 6.07) is 5.60. The van der Waals surface area contributed by atoms with E-state index in [1.807, 2.05) is 0 Å². The highest BCUT2D eigenvalue weighted by Crippen LogP contribution is 2.25. The van der Waals surface area contributed by atoms with E-state index in [1.165, 1.54) is 25.3 Å². The second-order valence-electron chi connectivity index (χ2n) is 4.06. The fourth-order valence-electron chi connectivity index (χ4n) is 1.63. The lowest BCUT2D eigenvalue weighted by Gasteiger charge is -2.08. The second-order valence-corrected chi connectivity index (χ2v) is 4.46. The van der Waals surface area contributed by atoms with Gasteiger partial charge in [-0.2, -0.15) is 0 Å². The predicted molar refractivity (Wildman–Crippen MR) is 72.3 cm³/mol. The van der Waals surface area contributed by atoms with Gasteiger partial charge in [0.25, 0.3) is 5.91 Å². The molecule has 1 amide bonds. The van der Waals surface area contributed by atoms with Crippen molar-refractivity contribution in [1.29, 1.82) is 0 Å². The fourth-order valence-corrected chi connectivity index (χ4v) is 1.83. The minimum Gasteiger partial charge on any atom is -0.495 e. The van der Waals surface area contributed by atoms with Crippen molar-refractivity contribution < 1.29 is 22.7 Å². The Kier molecular flexibility index (Phi) is 4.37. The van der Waals surface area contributed by atoms with Crippen LogP contribution in [0.15, 0.2) is 30.3 Å². The van der Waals surface area contributed by atoms with Gasteiger partial charge in [0.2, 0.25) is 0 Å². The van der Waals surface area contributed by atoms with Crippen LogP contribution in [0.3, 0.4) is 0 Å². The van der Waals surface area contributed by atoms with E-state index >= 15 is 0 Å². The maximum atomic E-state index is 13.1. The highest BCUT2D eigenvalue weighted by Gasteiger charge is 2.14. The van der Waals surface area contributed by atoms with Crippen molar-refractivity contribution in [2.45, 2.75) is 0 Å². The summed E-state index contributed by atoms with van der Waals surface area (Å²) in [7, 11) is 1.38. The molecule has 2 aromatic carbocycles. The van der Waals surface area contributed by atoms with Gasteiger partial charge in [-0.15, -0.1) is 0 Å². The van der Waals surface area contributed by atoms with Crippen LogP contribution in [0.25, 0.3) is 0 Å². The van der Waals surface area contributed by atoms with Crippen molar-refractivity contribution in [3.8, 4) is 5.75 Å². The SMILES string of the molecule is COc1cc(C(=O)Nc2cc(F)c(F)c(F)c2)ccc1Cl. The summed E-state index contributed by atoms with van der Waals surface area (Å²) >= 11 is 5.82. The molecule has 0 saturated heterocycles. The molecule has 0 unspecified atom stereocenters. The smallest absolute Gasteiger partial charge is 0.255 e. The third-order valence-corrected chi connectivity index (χ3v) is 2.97. The molecule has 0 aromatic heterocycles. The molecule has 2 aromatic rings. The molecular formula is C14H9ClF3NO2. The number of anilines is 1. The number of hydrogen-bond donors (Lipinski definition) is 1. The molecule has 2 rings (SSSR count). The highest BCUT2D eigenvalue weighted by molar-refractivity contribution is 6.32. The van der Waals surface area contributed by atoms with Gasteiger partial charge in [0.15, 0.2) is 17.5 Å². The zero-order chi connectivity index (χ0) is 15.6. The summed E-state index contributed by atoms with van der Waals surface area (Å²) in [5.41, 5.74) is -0.0355. The van der Waals surface area contributed by atoms with Crippen LogP contribution in [0.1, 0.15) is 10.4 Å². The van der Waals surface area contributed by atoms with Crippen LogP contribution < -0.4 is 10.1 Å². The number of benzene rings is 2. The van der Waals surface area contributed by atoms with Crippen molar-refractivity contribution in [3.63, 3.8) is 0 Å². The summed E-state index contributed by atoms with van der Waals surface area (Å²) in [6.07, 6.45) is 0. The van der Waals surface area contributed by atoms with Crippen molar-refractivity contribution >= 4 is 23.2 Å². The quantitative estimate of drug-likeness (QED) is 0.869. The van der Waals surface area contributed by atoms with E-state index in [9.17, 15) is 18.0 Å². The van der Waals surface area contributed by atoms with Gasteiger partial charge in [-0.3, -0.25) is 4.79 Å². The van der Waals surface area contributed by atoms with E-state index in [2.05, 4.69) is 5.32 Å². The Labute approximate surface area is 123 Å². The van der Waals surface area contributed by atoms with E-state index in [-0.39, 0.29) is 17.0 Å². The molecule has 0 aliphatic heterocycles. The summed E-state index contributed by atoms with van der Waals surface area (Å²) in [5.74, 6) is -4.74. The monoisotopic (exact) mass is 315 g/mol. The number of amides is 1. The Morgan fingerprint density at radius 1 is 1.14 bits per heavy atom. The summed E-state index contributed by atoms with van der Waals surface area (Å²) in [4.78, 5) is 12.0. The fraction of sp³-hybridized carbons (Fsp3) is 0.0714. The van der Waals surface area contributed by atoms with Crippen molar-refractivity contribution in [2.75, 3.05) is 12.4 Å². The van der Waals surface area contributed by atoms with Crippen LogP contribution in [-0.2, 0) is 0 Å². The Morgan fingerprint density at radius 2 is 1.76 bits per heavy atom. The molecule has 0 aliphatic carbocycles. The van der Waals surface area contributed by atoms with Crippen LogP contribution in [-0.4, -0.2) is 13.0 Å². The van der Waals surface area contributed by atoms with E-state index in [4.69, 9.17) is 16.3 Å². The van der Waals surface area contributed by atoms with Gasteiger partial charge in [-0.1, -0.05) is 11.6 Å². The minimum atomic E-state index is -1.60. The zero-order valence-corrected chi connectivity index (χ0v) is 11.5. The molecule has 3 nitrogen and oxygen atoms in total. The van der Waals surface area contributed by atoms with Crippen LogP contribution in [0.2, 0.25) is 5.02 Å². The number of nitrogens with one attached hydrogen (secondary N) is 1. The number of methoxy groups -OCH3 is 1. The number of carbonyl (C=O) groups is 1. The molecule has 7 heteroatoms. The molecule has 0 heterocycles. The van der Waals surface area contributed by atoms with E-state index in [1.54, 1.807) is 0 Å². The molecule has 0 bridgehead atoms. The highest BCUT2D eigenvalue weighted by atomic mass is 35.5. The normalized spacial score (nSPS) is 10.3. The average Bonchev–Trinajstić information content (AvgIpc) is 2.45. The Morgan fingerprint density at radius 3 is 2.33 bits per heavy atom. The first-order valence-corrected chi connectivity index (χ1v) is 6.09. The first kappa shape index (κ1) is 15.2. The third kappa shape index (κ3) is 3.28. The topological polar surface area (TPSA) is 38.3 Å². The van der Waals surface area contributed by atoms with Gasteiger partial charge < -0.3 is 10.1 Å². The lowest BCUT2D eigenvalue weighted by Crippen LogP contribution is -2.12. The maximum Gasteiger partial charge on any atom is 0.255 e. The first-order chi connectivity index (χ1) is 9.92. The zero-order valence-electron chi connectivity index (χ0n) is 10.7. The van der Waals surface area contributed by atoms with Crippen LogP contribution in [0, 0.1) is 17.5 Å². The van der Waals surface area contributed by atoms with Crippen LogP contribution in [0.5, 0.6) is 5.75 Å². The molecular weight excluding hydrogens is 307 g/mol. The lowest BCUT2D eigenvalue weighted by molar-refractivity contribution is 0.102. The van der Waals surface area contributed by atoms with Gasteiger partial charge in [0.1, 0.15) is 5.75 Å². The molecule has 21 heavy (non-hydrogen) atoms. The summed E-state index contributed by atoms with van der Waals surface area (Å²) in [6.45, 7) is 0. The minimum absolute atomic E-state index is 0.168. The third-order valence-electron chi connectivity index (χ3n) is 2.65. The lowest BCUT2D eigenvalue weighted by atomic mass is 10.2. The van der Waals surface area contributed by atoms with Gasteiger partial charge in [-0.05, 0) is 18.2 Å². The number of carbonyl (C=O) groups excluding carboxylic acids is 1. The molecule has 1 N–H and O–H groups in total. The average molecular weight is 316 g/mol. The van der Waals surface area contributed by atoms with Crippen LogP contribution >= 0.6 is 11.6 Å². The predicted octanol–water partition coefficient (Wildman–Crippen LogP) is 4.02. The standard InChI is InChI=1S/C14H9ClF3NO2/c1-21-12-4-7(2-3-9(12)15)14(20)19-8-5-10(16)13(18)11(17)6-8/h2-6H,1H3,(H,19,20). The molecule has 0 saturated carbocycles. The Hall–Kier alpha value is -2.21. The van der Waals surface area contributed by atoms with Gasteiger partial charge in [0.05, 0.1) is 12.1 Å². The van der Waals surface area contributed by atoms with Crippen molar-refractivity contribution in [3.05, 3.63) is 58.4 Å². The summed E-state index contributed by atoms with van der Waals surface area (Å²) in [5, 5.41) is 2.57. The van der Waals surface area contributed by atoms with Crippen molar-refractivity contribution in [2.24, 2.45) is 0 Å². The molecule has 0 aliphatic rings. The maximum absolute atomic E-state index is 13.1. The van der Waals surface area contributed by atoms with E-state index < -0.39 is 23.4 Å². The number of hydrogen-bond acceptors (Lipinski definition) is 2. The first-order valence-electron chi connectivity index (χ1n) is 5.72. The molecule has 0 radical (unpaired) electrons. The number of halogens is 4. The molecule has 0 fully saturated rings.